The lowest BCUT2D eigenvalue weighted by Gasteiger charge is -2.42. The standard InChI is InChI=1S/C26H47N3O4/c1-7-8-20(6)33-24(30)17-21-9-12-28(13-10-21)26(32)23(16-19(4)5)29-14-11-27-22(25(29)31)15-18(2)3/h18-23,27H,7-17H2,1-6H3/t20?,22-,23-/m0/s1. The molecule has 0 radical (unpaired) electrons. The lowest BCUT2D eigenvalue weighted by atomic mass is 9.92. The highest BCUT2D eigenvalue weighted by atomic mass is 16.5. The van der Waals surface area contributed by atoms with Crippen molar-refractivity contribution in [2.45, 2.75) is 105 Å². The summed E-state index contributed by atoms with van der Waals surface area (Å²) in [5, 5.41) is 3.34. The highest BCUT2D eigenvalue weighted by Gasteiger charge is 2.39. The Hall–Kier alpha value is -1.63. The number of rotatable bonds is 11. The van der Waals surface area contributed by atoms with Crippen LogP contribution in [0.2, 0.25) is 0 Å². The van der Waals surface area contributed by atoms with Crippen molar-refractivity contribution in [2.24, 2.45) is 17.8 Å². The molecule has 1 N–H and O–H groups in total. The minimum absolute atomic E-state index is 0.0305. The van der Waals surface area contributed by atoms with Crippen LogP contribution in [-0.2, 0) is 19.1 Å². The number of amides is 2. The van der Waals surface area contributed by atoms with Gasteiger partial charge in [-0.05, 0) is 56.8 Å². The number of ether oxygens (including phenoxy) is 1. The monoisotopic (exact) mass is 465 g/mol. The zero-order chi connectivity index (χ0) is 24.5. The number of piperidine rings is 1. The lowest BCUT2D eigenvalue weighted by Crippen LogP contribution is -2.62. The molecule has 33 heavy (non-hydrogen) atoms. The van der Waals surface area contributed by atoms with Crippen molar-refractivity contribution in [3.05, 3.63) is 0 Å². The van der Waals surface area contributed by atoms with Crippen LogP contribution >= 0.6 is 0 Å². The van der Waals surface area contributed by atoms with Crippen molar-refractivity contribution in [3.8, 4) is 0 Å². The van der Waals surface area contributed by atoms with Gasteiger partial charge in [0.1, 0.15) is 6.04 Å². The fraction of sp³-hybridized carbons (Fsp3) is 0.885. The molecule has 0 aliphatic carbocycles. The van der Waals surface area contributed by atoms with Crippen LogP contribution in [0.4, 0.5) is 0 Å². The molecule has 2 aliphatic heterocycles. The van der Waals surface area contributed by atoms with Crippen LogP contribution in [-0.4, -0.2) is 72.0 Å². The number of nitrogens with zero attached hydrogens (tertiary/aromatic N) is 2. The Kier molecular flexibility index (Phi) is 11.1. The maximum atomic E-state index is 13.6. The molecule has 2 amide bonds. The minimum Gasteiger partial charge on any atom is -0.463 e. The molecule has 1 unspecified atom stereocenters. The van der Waals surface area contributed by atoms with Gasteiger partial charge >= 0.3 is 5.97 Å². The topological polar surface area (TPSA) is 79.0 Å². The molecule has 7 heteroatoms. The second kappa shape index (κ2) is 13.3. The van der Waals surface area contributed by atoms with E-state index in [4.69, 9.17) is 4.74 Å². The molecular formula is C26H47N3O4. The zero-order valence-electron chi connectivity index (χ0n) is 21.8. The number of nitrogens with one attached hydrogen (secondary N) is 1. The van der Waals surface area contributed by atoms with E-state index in [1.165, 1.54) is 0 Å². The molecule has 7 nitrogen and oxygen atoms in total. The van der Waals surface area contributed by atoms with Crippen LogP contribution in [0.3, 0.4) is 0 Å². The molecule has 2 aliphatic rings. The number of esters is 1. The third kappa shape index (κ3) is 8.58. The predicted octanol–water partition coefficient (Wildman–Crippen LogP) is 3.61. The molecule has 0 spiro atoms. The van der Waals surface area contributed by atoms with Crippen molar-refractivity contribution in [2.75, 3.05) is 26.2 Å². The van der Waals surface area contributed by atoms with E-state index < -0.39 is 6.04 Å². The average molecular weight is 466 g/mol. The van der Waals surface area contributed by atoms with Crippen LogP contribution in [0, 0.1) is 17.8 Å². The van der Waals surface area contributed by atoms with E-state index in [1.807, 2.05) is 16.7 Å². The fourth-order valence-electron chi connectivity index (χ4n) is 5.07. The van der Waals surface area contributed by atoms with Crippen LogP contribution in [0.15, 0.2) is 0 Å². The summed E-state index contributed by atoms with van der Waals surface area (Å²) in [6.07, 6.45) is 5.37. The van der Waals surface area contributed by atoms with Crippen molar-refractivity contribution < 1.29 is 19.1 Å². The van der Waals surface area contributed by atoms with Crippen molar-refractivity contribution in [3.63, 3.8) is 0 Å². The van der Waals surface area contributed by atoms with Crippen LogP contribution in [0.5, 0.6) is 0 Å². The summed E-state index contributed by atoms with van der Waals surface area (Å²) in [6.45, 7) is 15.1. The quantitative estimate of drug-likeness (QED) is 0.472. The Bertz CT molecular complexity index is 643. The van der Waals surface area contributed by atoms with Crippen molar-refractivity contribution in [1.29, 1.82) is 0 Å². The SMILES string of the molecule is CCCC(C)OC(=O)CC1CCN(C(=O)[C@H](CC(C)C)N2CCN[C@@H](CC(C)C)C2=O)CC1. The van der Waals surface area contributed by atoms with Crippen LogP contribution in [0.1, 0.15) is 86.5 Å². The Morgan fingerprint density at radius 3 is 2.30 bits per heavy atom. The second-order valence-electron chi connectivity index (χ2n) is 10.9. The molecule has 0 saturated carbocycles. The highest BCUT2D eigenvalue weighted by Crippen LogP contribution is 2.25. The summed E-state index contributed by atoms with van der Waals surface area (Å²) >= 11 is 0. The minimum atomic E-state index is -0.398. The van der Waals surface area contributed by atoms with E-state index in [0.29, 0.717) is 44.3 Å². The first-order valence-electron chi connectivity index (χ1n) is 13.1. The van der Waals surface area contributed by atoms with Gasteiger partial charge in [-0.25, -0.2) is 0 Å². The smallest absolute Gasteiger partial charge is 0.306 e. The summed E-state index contributed by atoms with van der Waals surface area (Å²) in [7, 11) is 0. The van der Waals surface area contributed by atoms with Gasteiger partial charge < -0.3 is 19.9 Å². The summed E-state index contributed by atoms with van der Waals surface area (Å²) in [5.74, 6) is 1.01. The summed E-state index contributed by atoms with van der Waals surface area (Å²) in [5.41, 5.74) is 0. The van der Waals surface area contributed by atoms with E-state index in [-0.39, 0.29) is 35.8 Å². The molecule has 2 rings (SSSR count). The van der Waals surface area contributed by atoms with E-state index >= 15 is 0 Å². The van der Waals surface area contributed by atoms with E-state index in [1.54, 1.807) is 0 Å². The van der Waals surface area contributed by atoms with Gasteiger partial charge in [0.05, 0.1) is 12.1 Å². The molecule has 0 aromatic carbocycles. The van der Waals surface area contributed by atoms with Crippen LogP contribution < -0.4 is 5.32 Å². The normalized spacial score (nSPS) is 22.1. The number of hydrogen-bond donors (Lipinski definition) is 1. The molecular weight excluding hydrogens is 418 g/mol. The number of hydrogen-bond acceptors (Lipinski definition) is 5. The number of carbonyl (C=O) groups excluding carboxylic acids is 3. The molecule has 2 fully saturated rings. The van der Waals surface area contributed by atoms with Gasteiger partial charge in [0.15, 0.2) is 0 Å². The molecule has 0 aromatic rings. The Labute approximate surface area is 201 Å². The molecule has 190 valence electrons. The maximum absolute atomic E-state index is 13.6. The second-order valence-corrected chi connectivity index (χ2v) is 10.9. The summed E-state index contributed by atoms with van der Waals surface area (Å²) in [6, 6.07) is -0.598. The van der Waals surface area contributed by atoms with Gasteiger partial charge in [0.25, 0.3) is 0 Å². The summed E-state index contributed by atoms with van der Waals surface area (Å²) in [4.78, 5) is 42.8. The predicted molar refractivity (Wildman–Crippen MR) is 131 cm³/mol. The number of piperazine rings is 1. The summed E-state index contributed by atoms with van der Waals surface area (Å²) < 4.78 is 5.51. The lowest BCUT2D eigenvalue weighted by molar-refractivity contribution is -0.152. The molecule has 0 aromatic heterocycles. The van der Waals surface area contributed by atoms with Gasteiger partial charge in [0, 0.05) is 32.6 Å². The van der Waals surface area contributed by atoms with E-state index in [0.717, 1.165) is 38.6 Å². The molecule has 2 saturated heterocycles. The van der Waals surface area contributed by atoms with Gasteiger partial charge in [-0.3, -0.25) is 14.4 Å². The first kappa shape index (κ1) is 27.6. The first-order valence-corrected chi connectivity index (χ1v) is 13.1. The Morgan fingerprint density at radius 2 is 1.73 bits per heavy atom. The third-order valence-electron chi connectivity index (χ3n) is 6.80. The zero-order valence-corrected chi connectivity index (χ0v) is 21.8. The van der Waals surface area contributed by atoms with Gasteiger partial charge in [-0.2, -0.15) is 0 Å². The molecule has 2 heterocycles. The highest BCUT2D eigenvalue weighted by molar-refractivity contribution is 5.90. The first-order chi connectivity index (χ1) is 15.6. The van der Waals surface area contributed by atoms with Gasteiger partial charge in [-0.15, -0.1) is 0 Å². The van der Waals surface area contributed by atoms with E-state index in [9.17, 15) is 14.4 Å². The Morgan fingerprint density at radius 1 is 1.06 bits per heavy atom. The fourth-order valence-corrected chi connectivity index (χ4v) is 5.07. The Balaban J connectivity index is 1.96. The third-order valence-corrected chi connectivity index (χ3v) is 6.80. The number of carbonyl (C=O) groups is 3. The maximum Gasteiger partial charge on any atom is 0.306 e. The molecule has 0 bridgehead atoms. The van der Waals surface area contributed by atoms with Crippen molar-refractivity contribution in [1.82, 2.24) is 15.1 Å². The average Bonchev–Trinajstić information content (AvgIpc) is 2.73. The number of likely N-dealkylation sites (tertiary alicyclic amines) is 1. The van der Waals surface area contributed by atoms with Crippen molar-refractivity contribution >= 4 is 17.8 Å². The van der Waals surface area contributed by atoms with Gasteiger partial charge in [-0.1, -0.05) is 41.0 Å². The van der Waals surface area contributed by atoms with Crippen LogP contribution in [0.25, 0.3) is 0 Å². The largest absolute Gasteiger partial charge is 0.463 e. The molecule has 3 atom stereocenters. The van der Waals surface area contributed by atoms with E-state index in [2.05, 4.69) is 39.9 Å². The van der Waals surface area contributed by atoms with Gasteiger partial charge in [0.2, 0.25) is 11.8 Å².